The largest absolute Gasteiger partial charge is 0.309 e. The summed E-state index contributed by atoms with van der Waals surface area (Å²) in [6.45, 7) is 3.77. The highest BCUT2D eigenvalue weighted by molar-refractivity contribution is 6.42. The molecule has 0 saturated heterocycles. The van der Waals surface area contributed by atoms with E-state index in [0.29, 0.717) is 15.6 Å². The summed E-state index contributed by atoms with van der Waals surface area (Å²) < 4.78 is 14.4. The summed E-state index contributed by atoms with van der Waals surface area (Å²) in [5.74, 6) is -0.238. The van der Waals surface area contributed by atoms with E-state index in [0.717, 1.165) is 16.7 Å². The van der Waals surface area contributed by atoms with Crippen molar-refractivity contribution in [2.45, 2.75) is 19.9 Å². The van der Waals surface area contributed by atoms with Crippen LogP contribution in [0.3, 0.4) is 0 Å². The van der Waals surface area contributed by atoms with Gasteiger partial charge in [0.15, 0.2) is 0 Å². The average molecular weight is 312 g/mol. The fourth-order valence-corrected chi connectivity index (χ4v) is 2.91. The molecule has 0 spiro atoms. The van der Waals surface area contributed by atoms with Gasteiger partial charge in [0.25, 0.3) is 0 Å². The summed E-state index contributed by atoms with van der Waals surface area (Å²) in [5, 5.41) is 4.04. The van der Waals surface area contributed by atoms with Gasteiger partial charge in [-0.3, -0.25) is 0 Å². The maximum Gasteiger partial charge on any atom is 0.128 e. The van der Waals surface area contributed by atoms with Crippen LogP contribution in [-0.4, -0.2) is 7.05 Å². The van der Waals surface area contributed by atoms with Gasteiger partial charge in [-0.25, -0.2) is 4.39 Å². The molecule has 0 radical (unpaired) electrons. The van der Waals surface area contributed by atoms with Crippen molar-refractivity contribution in [2.75, 3.05) is 7.05 Å². The molecule has 1 unspecified atom stereocenters. The van der Waals surface area contributed by atoms with Crippen molar-refractivity contribution >= 4 is 23.2 Å². The highest BCUT2D eigenvalue weighted by Gasteiger charge is 2.22. The van der Waals surface area contributed by atoms with Gasteiger partial charge in [-0.2, -0.15) is 0 Å². The molecule has 2 aromatic carbocycles. The predicted octanol–water partition coefficient (Wildman–Crippen LogP) is 5.06. The maximum absolute atomic E-state index is 14.4. The van der Waals surface area contributed by atoms with Crippen LogP contribution in [0.5, 0.6) is 0 Å². The molecule has 0 aliphatic rings. The lowest BCUT2D eigenvalue weighted by Crippen LogP contribution is -2.20. The third-order valence-corrected chi connectivity index (χ3v) is 4.18. The van der Waals surface area contributed by atoms with Crippen molar-refractivity contribution in [1.82, 2.24) is 5.32 Å². The Hall–Kier alpha value is -1.09. The van der Waals surface area contributed by atoms with E-state index < -0.39 is 0 Å². The van der Waals surface area contributed by atoms with Gasteiger partial charge in [0.05, 0.1) is 16.1 Å². The number of hydrogen-bond donors (Lipinski definition) is 1. The molecule has 0 fully saturated rings. The number of hydrogen-bond acceptors (Lipinski definition) is 1. The Morgan fingerprint density at radius 3 is 2.45 bits per heavy atom. The highest BCUT2D eigenvalue weighted by atomic mass is 35.5. The summed E-state index contributed by atoms with van der Waals surface area (Å²) in [4.78, 5) is 0. The zero-order valence-corrected chi connectivity index (χ0v) is 13.1. The van der Waals surface area contributed by atoms with Crippen LogP contribution in [0.4, 0.5) is 4.39 Å². The van der Waals surface area contributed by atoms with E-state index in [2.05, 4.69) is 5.32 Å². The van der Waals surface area contributed by atoms with Crippen LogP contribution in [0, 0.1) is 19.7 Å². The molecule has 0 saturated carbocycles. The zero-order chi connectivity index (χ0) is 14.9. The average Bonchev–Trinajstić information content (AvgIpc) is 2.37. The molecule has 4 heteroatoms. The molecule has 2 aromatic rings. The van der Waals surface area contributed by atoms with E-state index in [9.17, 15) is 4.39 Å². The maximum atomic E-state index is 14.4. The lowest BCUT2D eigenvalue weighted by Gasteiger charge is -2.22. The Bertz CT molecular complexity index is 617. The molecule has 0 amide bonds. The van der Waals surface area contributed by atoms with E-state index in [1.807, 2.05) is 32.0 Å². The summed E-state index contributed by atoms with van der Waals surface area (Å²) >= 11 is 12.3. The van der Waals surface area contributed by atoms with Crippen LogP contribution in [0.25, 0.3) is 0 Å². The second-order valence-corrected chi connectivity index (χ2v) is 5.63. The fraction of sp³-hybridized carbons (Fsp3) is 0.250. The monoisotopic (exact) mass is 311 g/mol. The standard InChI is InChI=1S/C16H16Cl2FN/c1-9-7-10(2)14(13(19)8-9)16(20-3)11-5-4-6-12(17)15(11)18/h4-8,16,20H,1-3H3. The van der Waals surface area contributed by atoms with Gasteiger partial charge < -0.3 is 5.32 Å². The Labute approximate surface area is 128 Å². The van der Waals surface area contributed by atoms with Crippen LogP contribution in [0.2, 0.25) is 10.0 Å². The van der Waals surface area contributed by atoms with E-state index in [4.69, 9.17) is 23.2 Å². The molecule has 0 aliphatic heterocycles. The number of halogens is 3. The van der Waals surface area contributed by atoms with Crippen molar-refractivity contribution in [2.24, 2.45) is 0 Å². The van der Waals surface area contributed by atoms with Gasteiger partial charge in [0, 0.05) is 5.56 Å². The molecule has 2 rings (SSSR count). The quantitative estimate of drug-likeness (QED) is 0.835. The molecule has 0 aromatic heterocycles. The second-order valence-electron chi connectivity index (χ2n) is 4.84. The second kappa shape index (κ2) is 6.13. The number of nitrogens with one attached hydrogen (secondary N) is 1. The van der Waals surface area contributed by atoms with Gasteiger partial charge in [-0.05, 0) is 49.7 Å². The number of aryl methyl sites for hydroxylation is 2. The first-order valence-electron chi connectivity index (χ1n) is 6.33. The van der Waals surface area contributed by atoms with E-state index >= 15 is 0 Å². The molecular formula is C16H16Cl2FN. The Kier molecular flexibility index (Phi) is 4.69. The van der Waals surface area contributed by atoms with Crippen molar-refractivity contribution in [3.05, 3.63) is 68.4 Å². The van der Waals surface area contributed by atoms with Crippen molar-refractivity contribution < 1.29 is 4.39 Å². The number of benzene rings is 2. The van der Waals surface area contributed by atoms with Crippen LogP contribution in [0.15, 0.2) is 30.3 Å². The molecule has 0 aliphatic carbocycles. The fourth-order valence-electron chi connectivity index (χ4n) is 2.49. The molecule has 106 valence electrons. The topological polar surface area (TPSA) is 12.0 Å². The predicted molar refractivity (Wildman–Crippen MR) is 83.2 cm³/mol. The SMILES string of the molecule is CNC(c1cccc(Cl)c1Cl)c1c(C)cc(C)cc1F. The van der Waals surface area contributed by atoms with Crippen molar-refractivity contribution in [3.63, 3.8) is 0 Å². The molecule has 0 bridgehead atoms. The molecule has 20 heavy (non-hydrogen) atoms. The lowest BCUT2D eigenvalue weighted by atomic mass is 9.93. The van der Waals surface area contributed by atoms with Gasteiger partial charge in [-0.15, -0.1) is 0 Å². The zero-order valence-electron chi connectivity index (χ0n) is 11.6. The Balaban J connectivity index is 2.62. The summed E-state index contributed by atoms with van der Waals surface area (Å²) in [6.07, 6.45) is 0. The van der Waals surface area contributed by atoms with E-state index in [1.54, 1.807) is 13.1 Å². The third-order valence-electron chi connectivity index (χ3n) is 3.35. The molecule has 1 atom stereocenters. The minimum Gasteiger partial charge on any atom is -0.309 e. The smallest absolute Gasteiger partial charge is 0.128 e. The summed E-state index contributed by atoms with van der Waals surface area (Å²) in [5.41, 5.74) is 3.16. The highest BCUT2D eigenvalue weighted by Crippen LogP contribution is 2.35. The minimum absolute atomic E-state index is 0.238. The van der Waals surface area contributed by atoms with Crippen LogP contribution in [-0.2, 0) is 0 Å². The summed E-state index contributed by atoms with van der Waals surface area (Å²) in [6, 6.07) is 8.55. The van der Waals surface area contributed by atoms with Crippen LogP contribution in [0.1, 0.15) is 28.3 Å². The first kappa shape index (κ1) is 15.3. The molecule has 1 nitrogen and oxygen atoms in total. The summed E-state index contributed by atoms with van der Waals surface area (Å²) in [7, 11) is 1.78. The molecular weight excluding hydrogens is 296 g/mol. The van der Waals surface area contributed by atoms with Crippen molar-refractivity contribution in [1.29, 1.82) is 0 Å². The Morgan fingerprint density at radius 1 is 1.15 bits per heavy atom. The van der Waals surface area contributed by atoms with Crippen molar-refractivity contribution in [3.8, 4) is 0 Å². The number of rotatable bonds is 3. The third kappa shape index (κ3) is 2.83. The van der Waals surface area contributed by atoms with Gasteiger partial charge in [0.2, 0.25) is 0 Å². The lowest BCUT2D eigenvalue weighted by molar-refractivity contribution is 0.572. The van der Waals surface area contributed by atoms with Gasteiger partial charge in [-0.1, -0.05) is 41.4 Å². The van der Waals surface area contributed by atoms with Gasteiger partial charge >= 0.3 is 0 Å². The van der Waals surface area contributed by atoms with E-state index in [1.165, 1.54) is 6.07 Å². The first-order valence-corrected chi connectivity index (χ1v) is 7.09. The van der Waals surface area contributed by atoms with Crippen LogP contribution >= 0.6 is 23.2 Å². The first-order chi connectivity index (χ1) is 9.45. The minimum atomic E-state index is -0.332. The molecule has 0 heterocycles. The van der Waals surface area contributed by atoms with Gasteiger partial charge in [0.1, 0.15) is 5.82 Å². The van der Waals surface area contributed by atoms with E-state index in [-0.39, 0.29) is 11.9 Å². The van der Waals surface area contributed by atoms with Crippen LogP contribution < -0.4 is 5.32 Å². The molecule has 1 N–H and O–H groups in total. The normalized spacial score (nSPS) is 12.5. The Morgan fingerprint density at radius 2 is 1.85 bits per heavy atom.